The Morgan fingerprint density at radius 1 is 1.07 bits per heavy atom. The summed E-state index contributed by atoms with van der Waals surface area (Å²) in [5, 5.41) is 9.77. The Morgan fingerprint density at radius 2 is 1.89 bits per heavy atom. The minimum Gasteiger partial charge on any atom is -0.469 e. The first-order valence-corrected chi connectivity index (χ1v) is 10.7. The van der Waals surface area contributed by atoms with Crippen molar-refractivity contribution in [2.24, 2.45) is 11.0 Å². The maximum Gasteiger partial charge on any atom is 0.188 e. The second-order valence-corrected chi connectivity index (χ2v) is 9.01. The van der Waals surface area contributed by atoms with Crippen molar-refractivity contribution >= 4 is 32.4 Å². The molecule has 142 valence electrons. The lowest BCUT2D eigenvalue weighted by atomic mass is 9.95. The third kappa shape index (κ3) is 3.10. The first-order valence-electron chi connectivity index (χ1n) is 9.89. The van der Waals surface area contributed by atoms with Crippen LogP contribution in [0.25, 0.3) is 10.8 Å². The second kappa shape index (κ2) is 6.93. The number of hydrogen-bond donors (Lipinski definition) is 0. The molecular weight excluding hydrogens is 412 g/mol. The van der Waals surface area contributed by atoms with Crippen LogP contribution in [0, 0.1) is 5.92 Å². The van der Waals surface area contributed by atoms with Crippen LogP contribution < -0.4 is 4.74 Å². The molecule has 4 heteroatoms. The van der Waals surface area contributed by atoms with E-state index < -0.39 is 0 Å². The number of hydrogen-bond acceptors (Lipinski definition) is 3. The molecule has 0 spiro atoms. The molecule has 0 unspecified atom stereocenters. The summed E-state index contributed by atoms with van der Waals surface area (Å²) in [6.07, 6.45) is 1.84. The minimum absolute atomic E-state index is 0.0170. The van der Waals surface area contributed by atoms with E-state index >= 15 is 0 Å². The van der Waals surface area contributed by atoms with Crippen molar-refractivity contribution in [2.45, 2.75) is 39.0 Å². The average Bonchev–Trinajstić information content (AvgIpc) is 3.14. The Bertz CT molecular complexity index is 1080. The van der Waals surface area contributed by atoms with Crippen LogP contribution in [0.15, 0.2) is 70.2 Å². The lowest BCUT2D eigenvalue weighted by Gasteiger charge is -2.38. The van der Waals surface area contributed by atoms with E-state index in [4.69, 9.17) is 9.84 Å². The summed E-state index contributed by atoms with van der Waals surface area (Å²) in [5.41, 5.74) is 3.56. The monoisotopic (exact) mass is 434 g/mol. The zero-order valence-corrected chi connectivity index (χ0v) is 17.7. The third-order valence-corrected chi connectivity index (χ3v) is 6.08. The van der Waals surface area contributed by atoms with Gasteiger partial charge in [0, 0.05) is 22.9 Å². The first-order chi connectivity index (χ1) is 13.6. The maximum absolute atomic E-state index is 6.36. The summed E-state index contributed by atoms with van der Waals surface area (Å²) in [4.78, 5) is 0. The lowest BCUT2D eigenvalue weighted by Crippen LogP contribution is -2.41. The molecule has 0 aromatic heterocycles. The quantitative estimate of drug-likeness (QED) is 0.468. The number of rotatable bonds is 3. The van der Waals surface area contributed by atoms with Crippen molar-refractivity contribution in [1.82, 2.24) is 5.01 Å². The van der Waals surface area contributed by atoms with E-state index in [1.54, 1.807) is 0 Å². The summed E-state index contributed by atoms with van der Waals surface area (Å²) in [5.74, 6) is 1.53. The highest BCUT2D eigenvalue weighted by molar-refractivity contribution is 9.10. The highest BCUT2D eigenvalue weighted by Crippen LogP contribution is 2.45. The van der Waals surface area contributed by atoms with E-state index in [2.05, 4.69) is 95.5 Å². The van der Waals surface area contributed by atoms with Gasteiger partial charge < -0.3 is 4.74 Å². The van der Waals surface area contributed by atoms with E-state index in [0.29, 0.717) is 5.92 Å². The summed E-state index contributed by atoms with van der Waals surface area (Å²) >= 11 is 3.62. The zero-order valence-electron chi connectivity index (χ0n) is 16.1. The van der Waals surface area contributed by atoms with Crippen molar-refractivity contribution < 1.29 is 4.74 Å². The number of fused-ring (bicyclic) bond motifs is 4. The molecule has 3 nitrogen and oxygen atoms in total. The van der Waals surface area contributed by atoms with E-state index in [1.165, 1.54) is 21.9 Å². The van der Waals surface area contributed by atoms with Crippen LogP contribution in [0.3, 0.4) is 0 Å². The van der Waals surface area contributed by atoms with Gasteiger partial charge in [0.25, 0.3) is 0 Å². The number of ether oxygens (including phenoxy) is 1. The fraction of sp³-hybridized carbons (Fsp3) is 0.292. The second-order valence-electron chi connectivity index (χ2n) is 8.09. The summed E-state index contributed by atoms with van der Waals surface area (Å²) in [6.45, 7) is 4.47. The molecule has 3 aromatic rings. The molecular formula is C24H23BrN2O. The molecule has 2 aliphatic heterocycles. The maximum atomic E-state index is 6.36. The average molecular weight is 435 g/mol. The number of nitrogens with zero attached hydrogens (tertiary/aromatic N) is 2. The molecule has 28 heavy (non-hydrogen) atoms. The van der Waals surface area contributed by atoms with Crippen molar-refractivity contribution in [2.75, 3.05) is 0 Å². The Balaban J connectivity index is 1.55. The van der Waals surface area contributed by atoms with Gasteiger partial charge in [-0.3, -0.25) is 5.01 Å². The lowest BCUT2D eigenvalue weighted by molar-refractivity contribution is -0.0291. The Hall–Kier alpha value is -2.33. The van der Waals surface area contributed by atoms with Gasteiger partial charge in [0.15, 0.2) is 6.23 Å². The fourth-order valence-electron chi connectivity index (χ4n) is 4.24. The van der Waals surface area contributed by atoms with Gasteiger partial charge >= 0.3 is 0 Å². The van der Waals surface area contributed by atoms with Gasteiger partial charge in [-0.05, 0) is 46.5 Å². The molecule has 2 atom stereocenters. The Labute approximate surface area is 174 Å². The number of halogens is 1. The van der Waals surface area contributed by atoms with Gasteiger partial charge in [-0.2, -0.15) is 5.10 Å². The Morgan fingerprint density at radius 3 is 2.71 bits per heavy atom. The van der Waals surface area contributed by atoms with Crippen molar-refractivity contribution in [1.29, 1.82) is 0 Å². The Kier molecular flexibility index (Phi) is 4.39. The topological polar surface area (TPSA) is 24.8 Å². The minimum atomic E-state index is -0.0170. The molecule has 0 bridgehead atoms. The van der Waals surface area contributed by atoms with Crippen LogP contribution >= 0.6 is 15.9 Å². The molecule has 0 amide bonds. The van der Waals surface area contributed by atoms with E-state index in [0.717, 1.165) is 28.8 Å². The highest BCUT2D eigenvalue weighted by Gasteiger charge is 2.40. The SMILES string of the molecule is CC(C)C[C@H]1Oc2ccc(Br)cc2[C@@H]2CC(c3ccc4ccccc4c3)=NN12. The van der Waals surface area contributed by atoms with Crippen LogP contribution in [0.5, 0.6) is 5.75 Å². The van der Waals surface area contributed by atoms with Crippen LogP contribution in [0.1, 0.15) is 43.9 Å². The molecule has 0 fully saturated rings. The molecule has 3 aromatic carbocycles. The molecule has 5 rings (SSSR count). The largest absolute Gasteiger partial charge is 0.469 e. The normalized spacial score (nSPS) is 20.7. The van der Waals surface area contributed by atoms with Crippen LogP contribution in [-0.4, -0.2) is 16.9 Å². The predicted octanol–water partition coefficient (Wildman–Crippen LogP) is 6.52. The van der Waals surface area contributed by atoms with Crippen LogP contribution in [0.4, 0.5) is 0 Å². The molecule has 0 saturated carbocycles. The molecule has 2 aliphatic rings. The smallest absolute Gasteiger partial charge is 0.188 e. The molecule has 0 N–H and O–H groups in total. The van der Waals surface area contributed by atoms with Gasteiger partial charge in [-0.1, -0.05) is 66.2 Å². The molecule has 0 radical (unpaired) electrons. The van der Waals surface area contributed by atoms with E-state index in [-0.39, 0.29) is 12.3 Å². The van der Waals surface area contributed by atoms with Gasteiger partial charge in [0.05, 0.1) is 11.8 Å². The van der Waals surface area contributed by atoms with Gasteiger partial charge in [-0.25, -0.2) is 0 Å². The number of hydrazone groups is 1. The van der Waals surface area contributed by atoms with Crippen molar-refractivity contribution in [3.05, 3.63) is 76.3 Å². The standard InChI is InChI=1S/C24H23BrN2O/c1-15(2)11-24-27-22(20-13-19(25)9-10-23(20)28-24)14-21(26-27)18-8-7-16-5-3-4-6-17(16)12-18/h3-10,12-13,15,22,24H,11,14H2,1-2H3/t22-,24+/m0/s1. The summed E-state index contributed by atoms with van der Waals surface area (Å²) in [6, 6.07) is 21.7. The number of benzene rings is 3. The van der Waals surface area contributed by atoms with Gasteiger partial charge in [0.2, 0.25) is 0 Å². The van der Waals surface area contributed by atoms with E-state index in [9.17, 15) is 0 Å². The van der Waals surface area contributed by atoms with Gasteiger partial charge in [0.1, 0.15) is 5.75 Å². The third-order valence-electron chi connectivity index (χ3n) is 5.59. The van der Waals surface area contributed by atoms with Crippen LogP contribution in [-0.2, 0) is 0 Å². The van der Waals surface area contributed by atoms with Crippen molar-refractivity contribution in [3.63, 3.8) is 0 Å². The highest BCUT2D eigenvalue weighted by atomic mass is 79.9. The zero-order chi connectivity index (χ0) is 19.3. The molecule has 2 heterocycles. The molecule has 0 saturated heterocycles. The van der Waals surface area contributed by atoms with Crippen molar-refractivity contribution in [3.8, 4) is 5.75 Å². The fourth-order valence-corrected chi connectivity index (χ4v) is 4.61. The predicted molar refractivity (Wildman–Crippen MR) is 118 cm³/mol. The summed E-state index contributed by atoms with van der Waals surface area (Å²) in [7, 11) is 0. The molecule has 0 aliphatic carbocycles. The van der Waals surface area contributed by atoms with E-state index in [1.807, 2.05) is 0 Å². The van der Waals surface area contributed by atoms with Crippen LogP contribution in [0.2, 0.25) is 0 Å². The summed E-state index contributed by atoms with van der Waals surface area (Å²) < 4.78 is 7.44. The first kappa shape index (κ1) is 17.7. The van der Waals surface area contributed by atoms with Gasteiger partial charge in [-0.15, -0.1) is 0 Å².